The van der Waals surface area contributed by atoms with Crippen LogP contribution in [0.15, 0.2) is 22.9 Å². The zero-order valence-electron chi connectivity index (χ0n) is 13.2. The quantitative estimate of drug-likeness (QED) is 0.781. The molecule has 0 saturated heterocycles. The molecule has 2 aromatic heterocycles. The van der Waals surface area contributed by atoms with Crippen molar-refractivity contribution in [3.8, 4) is 0 Å². The van der Waals surface area contributed by atoms with Crippen LogP contribution in [0.5, 0.6) is 0 Å². The summed E-state index contributed by atoms with van der Waals surface area (Å²) >= 11 is 1.72. The van der Waals surface area contributed by atoms with Crippen LogP contribution in [-0.4, -0.2) is 16.5 Å². The van der Waals surface area contributed by atoms with Crippen LogP contribution >= 0.6 is 11.3 Å². The average Bonchev–Trinajstić information content (AvgIpc) is 2.99. The van der Waals surface area contributed by atoms with Gasteiger partial charge in [-0.15, -0.1) is 0 Å². The molecule has 0 aliphatic carbocycles. The Morgan fingerprint density at radius 1 is 1.19 bits per heavy atom. The van der Waals surface area contributed by atoms with Crippen LogP contribution < -0.4 is 10.6 Å². The monoisotopic (exact) mass is 304 g/mol. The highest BCUT2D eigenvalue weighted by Crippen LogP contribution is 2.23. The van der Waals surface area contributed by atoms with E-state index in [4.69, 9.17) is 0 Å². The van der Waals surface area contributed by atoms with E-state index in [-0.39, 0.29) is 6.04 Å². The third kappa shape index (κ3) is 4.43. The summed E-state index contributed by atoms with van der Waals surface area (Å²) < 4.78 is 0. The van der Waals surface area contributed by atoms with Crippen molar-refractivity contribution in [1.29, 1.82) is 0 Å². The Balaban J connectivity index is 2.18. The van der Waals surface area contributed by atoms with Gasteiger partial charge in [-0.25, -0.2) is 9.97 Å². The normalized spacial score (nSPS) is 12.4. The maximum atomic E-state index is 4.63. The van der Waals surface area contributed by atoms with Crippen molar-refractivity contribution in [3.63, 3.8) is 0 Å². The maximum absolute atomic E-state index is 4.63. The summed E-state index contributed by atoms with van der Waals surface area (Å²) in [6.45, 7) is 9.46. The summed E-state index contributed by atoms with van der Waals surface area (Å²) in [5.74, 6) is 2.96. The van der Waals surface area contributed by atoms with E-state index in [0.29, 0.717) is 5.92 Å². The predicted octanol–water partition coefficient (Wildman–Crippen LogP) is 4.66. The van der Waals surface area contributed by atoms with Gasteiger partial charge in [0.15, 0.2) is 0 Å². The highest BCUT2D eigenvalue weighted by molar-refractivity contribution is 7.07. The first-order valence-corrected chi connectivity index (χ1v) is 8.46. The van der Waals surface area contributed by atoms with Crippen molar-refractivity contribution in [1.82, 2.24) is 9.97 Å². The van der Waals surface area contributed by atoms with Crippen molar-refractivity contribution in [2.45, 2.75) is 46.1 Å². The van der Waals surface area contributed by atoms with Gasteiger partial charge < -0.3 is 10.6 Å². The van der Waals surface area contributed by atoms with Gasteiger partial charge in [-0.05, 0) is 35.7 Å². The molecule has 0 aromatic carbocycles. The molecule has 21 heavy (non-hydrogen) atoms. The van der Waals surface area contributed by atoms with Gasteiger partial charge >= 0.3 is 0 Å². The van der Waals surface area contributed by atoms with E-state index in [9.17, 15) is 0 Å². The Hall–Kier alpha value is -1.62. The van der Waals surface area contributed by atoms with E-state index in [1.165, 1.54) is 5.56 Å². The molecular formula is C16H24N4S. The van der Waals surface area contributed by atoms with Gasteiger partial charge in [0, 0.05) is 18.5 Å². The number of anilines is 2. The van der Waals surface area contributed by atoms with Crippen molar-refractivity contribution in [2.75, 3.05) is 17.2 Å². The first kappa shape index (κ1) is 15.8. The fraction of sp³-hybridized carbons (Fsp3) is 0.500. The molecule has 1 atom stereocenters. The van der Waals surface area contributed by atoms with E-state index in [0.717, 1.165) is 30.4 Å². The number of aromatic nitrogens is 2. The lowest BCUT2D eigenvalue weighted by atomic mass is 10.2. The van der Waals surface area contributed by atoms with E-state index in [1.807, 2.05) is 6.07 Å². The minimum absolute atomic E-state index is 0.241. The molecule has 0 aliphatic rings. The SMILES string of the molecule is CCCNc1cc(NC(C)c2ccsc2)nc(C(C)C)n1. The molecule has 0 amide bonds. The lowest BCUT2D eigenvalue weighted by Crippen LogP contribution is -2.12. The van der Waals surface area contributed by atoms with Gasteiger partial charge in [-0.1, -0.05) is 20.8 Å². The van der Waals surface area contributed by atoms with Gasteiger partial charge in [0.2, 0.25) is 0 Å². The fourth-order valence-corrected chi connectivity index (χ4v) is 2.72. The first-order chi connectivity index (χ1) is 10.1. The largest absolute Gasteiger partial charge is 0.370 e. The number of rotatable bonds is 7. The van der Waals surface area contributed by atoms with Crippen molar-refractivity contribution < 1.29 is 0 Å². The molecule has 0 saturated carbocycles. The predicted molar refractivity (Wildman–Crippen MR) is 91.3 cm³/mol. The van der Waals surface area contributed by atoms with E-state index < -0.39 is 0 Å². The minimum Gasteiger partial charge on any atom is -0.370 e. The van der Waals surface area contributed by atoms with Crippen LogP contribution in [-0.2, 0) is 0 Å². The molecule has 2 heterocycles. The molecule has 2 aromatic rings. The van der Waals surface area contributed by atoms with E-state index in [2.05, 4.69) is 65.1 Å². The first-order valence-electron chi connectivity index (χ1n) is 7.51. The second-order valence-corrected chi connectivity index (χ2v) is 6.28. The van der Waals surface area contributed by atoms with E-state index >= 15 is 0 Å². The summed E-state index contributed by atoms with van der Waals surface area (Å²) in [7, 11) is 0. The smallest absolute Gasteiger partial charge is 0.135 e. The Bertz CT molecular complexity index is 551. The topological polar surface area (TPSA) is 49.8 Å². The van der Waals surface area contributed by atoms with Crippen LogP contribution in [0.2, 0.25) is 0 Å². The number of hydrogen-bond donors (Lipinski definition) is 2. The summed E-state index contributed by atoms with van der Waals surface area (Å²) in [5, 5.41) is 11.1. The summed E-state index contributed by atoms with van der Waals surface area (Å²) in [4.78, 5) is 9.21. The minimum atomic E-state index is 0.241. The lowest BCUT2D eigenvalue weighted by Gasteiger charge is -2.16. The third-order valence-electron chi connectivity index (χ3n) is 3.22. The maximum Gasteiger partial charge on any atom is 0.135 e. The van der Waals surface area contributed by atoms with Gasteiger partial charge in [-0.2, -0.15) is 11.3 Å². The molecule has 2 N–H and O–H groups in total. The van der Waals surface area contributed by atoms with Crippen LogP contribution in [0.4, 0.5) is 11.6 Å². The Morgan fingerprint density at radius 2 is 1.95 bits per heavy atom. The molecular weight excluding hydrogens is 280 g/mol. The molecule has 0 bridgehead atoms. The highest BCUT2D eigenvalue weighted by atomic mass is 32.1. The zero-order chi connectivity index (χ0) is 15.2. The lowest BCUT2D eigenvalue weighted by molar-refractivity contribution is 0.768. The zero-order valence-corrected chi connectivity index (χ0v) is 14.0. The highest BCUT2D eigenvalue weighted by Gasteiger charge is 2.11. The summed E-state index contributed by atoms with van der Waals surface area (Å²) in [6, 6.07) is 4.37. The molecule has 4 nitrogen and oxygen atoms in total. The van der Waals surface area contributed by atoms with Crippen LogP contribution in [0.3, 0.4) is 0 Å². The fourth-order valence-electron chi connectivity index (χ4n) is 1.97. The summed E-state index contributed by atoms with van der Waals surface area (Å²) in [6.07, 6.45) is 1.08. The molecule has 0 fully saturated rings. The standard InChI is InChI=1S/C16H24N4S/c1-5-7-17-14-9-15(20-16(19-14)11(2)3)18-12(4)13-6-8-21-10-13/h6,8-12H,5,7H2,1-4H3,(H2,17,18,19,20). The Kier molecular flexibility index (Phi) is 5.56. The molecule has 1 unspecified atom stereocenters. The number of hydrogen-bond acceptors (Lipinski definition) is 5. The second kappa shape index (κ2) is 7.41. The van der Waals surface area contributed by atoms with Crippen molar-refractivity contribution >= 4 is 23.0 Å². The molecule has 0 aliphatic heterocycles. The Labute approximate surface area is 131 Å². The number of thiophene rings is 1. The molecule has 114 valence electrons. The van der Waals surface area contributed by atoms with E-state index in [1.54, 1.807) is 11.3 Å². The van der Waals surface area contributed by atoms with Crippen molar-refractivity contribution in [3.05, 3.63) is 34.3 Å². The third-order valence-corrected chi connectivity index (χ3v) is 3.92. The van der Waals surface area contributed by atoms with Crippen LogP contribution in [0.25, 0.3) is 0 Å². The van der Waals surface area contributed by atoms with Crippen LogP contribution in [0.1, 0.15) is 57.5 Å². The van der Waals surface area contributed by atoms with Crippen molar-refractivity contribution in [2.24, 2.45) is 0 Å². The van der Waals surface area contributed by atoms with Gasteiger partial charge in [0.25, 0.3) is 0 Å². The second-order valence-electron chi connectivity index (χ2n) is 5.50. The number of nitrogens with zero attached hydrogens (tertiary/aromatic N) is 2. The van der Waals surface area contributed by atoms with Crippen LogP contribution in [0, 0.1) is 0 Å². The molecule has 5 heteroatoms. The average molecular weight is 304 g/mol. The van der Waals surface area contributed by atoms with Gasteiger partial charge in [0.05, 0.1) is 6.04 Å². The van der Waals surface area contributed by atoms with Gasteiger partial charge in [-0.3, -0.25) is 0 Å². The molecule has 0 radical (unpaired) electrons. The van der Waals surface area contributed by atoms with Gasteiger partial charge in [0.1, 0.15) is 17.5 Å². The molecule has 2 rings (SSSR count). The Morgan fingerprint density at radius 3 is 2.57 bits per heavy atom. The number of nitrogens with one attached hydrogen (secondary N) is 2. The summed E-state index contributed by atoms with van der Waals surface area (Å²) in [5.41, 5.74) is 1.28. The molecule has 0 spiro atoms.